The van der Waals surface area contributed by atoms with Crippen LogP contribution >= 0.6 is 11.6 Å². The monoisotopic (exact) mass is 372 g/mol. The van der Waals surface area contributed by atoms with Gasteiger partial charge in [-0.1, -0.05) is 48.0 Å². The number of hydrogen-bond donors (Lipinski definition) is 1. The molecule has 0 radical (unpaired) electrons. The number of hydrogen-bond acceptors (Lipinski definition) is 3. The molecular formula is C21H27ClN3O+. The van der Waals surface area contributed by atoms with E-state index >= 15 is 0 Å². The van der Waals surface area contributed by atoms with Gasteiger partial charge in [0.2, 0.25) is 0 Å². The molecule has 1 saturated heterocycles. The molecule has 0 bridgehead atoms. The van der Waals surface area contributed by atoms with E-state index in [4.69, 9.17) is 17.4 Å². The smallest absolute Gasteiger partial charge is 0.122 e. The predicted octanol–water partition coefficient (Wildman–Crippen LogP) is 3.49. The minimum atomic E-state index is 0.564. The third-order valence-electron chi connectivity index (χ3n) is 5.18. The van der Waals surface area contributed by atoms with Crippen molar-refractivity contribution < 1.29 is 9.39 Å². The molecule has 0 atom stereocenters. The Morgan fingerprint density at radius 3 is 2.46 bits per heavy atom. The van der Waals surface area contributed by atoms with E-state index in [9.17, 15) is 4.79 Å². The number of carbonyl (C=O) groups is 1. The minimum absolute atomic E-state index is 0.564. The molecule has 1 aliphatic rings. The molecule has 1 aliphatic heterocycles. The predicted molar refractivity (Wildman–Crippen MR) is 107 cm³/mol. The summed E-state index contributed by atoms with van der Waals surface area (Å²) in [6, 6.07) is 16.5. The van der Waals surface area contributed by atoms with E-state index in [1.54, 1.807) is 0 Å². The number of nitrogens with zero attached hydrogens (tertiary/aromatic N) is 2. The lowest BCUT2D eigenvalue weighted by Crippen LogP contribution is -2.63. The summed E-state index contributed by atoms with van der Waals surface area (Å²) in [4.78, 5) is 12.9. The van der Waals surface area contributed by atoms with Crippen molar-refractivity contribution in [1.29, 1.82) is 0 Å². The molecule has 138 valence electrons. The van der Waals surface area contributed by atoms with E-state index in [-0.39, 0.29) is 0 Å². The lowest BCUT2D eigenvalue weighted by atomic mass is 9.99. The second kappa shape index (κ2) is 8.78. The average Bonchev–Trinajstić information content (AvgIpc) is 2.65. The van der Waals surface area contributed by atoms with Gasteiger partial charge in [0.05, 0.1) is 0 Å². The van der Waals surface area contributed by atoms with Gasteiger partial charge in [-0.2, -0.15) is 5.84 Å². The number of piperazine rings is 1. The molecule has 0 aromatic heterocycles. The largest absolute Gasteiger partial charge is 0.303 e. The van der Waals surface area contributed by atoms with Gasteiger partial charge in [0.1, 0.15) is 25.9 Å². The number of nitrogens with two attached hydrogens (primary N) is 1. The van der Waals surface area contributed by atoms with Crippen molar-refractivity contribution in [2.75, 3.05) is 32.7 Å². The molecule has 1 heterocycles. The molecule has 5 heteroatoms. The third-order valence-corrected chi connectivity index (χ3v) is 5.43. The molecule has 0 amide bonds. The van der Waals surface area contributed by atoms with E-state index in [1.165, 1.54) is 16.7 Å². The van der Waals surface area contributed by atoms with Gasteiger partial charge in [-0.05, 0) is 36.2 Å². The van der Waals surface area contributed by atoms with Crippen LogP contribution in [0.15, 0.2) is 48.5 Å². The van der Waals surface area contributed by atoms with Gasteiger partial charge >= 0.3 is 0 Å². The molecule has 2 aromatic carbocycles. The summed E-state index contributed by atoms with van der Waals surface area (Å²) >= 11 is 6.03. The summed E-state index contributed by atoms with van der Waals surface area (Å²) < 4.78 is 0.564. The summed E-state index contributed by atoms with van der Waals surface area (Å²) in [6.07, 6.45) is 2.59. The highest BCUT2D eigenvalue weighted by atomic mass is 35.5. The fourth-order valence-corrected chi connectivity index (χ4v) is 3.72. The van der Waals surface area contributed by atoms with Crippen molar-refractivity contribution in [3.05, 3.63) is 59.1 Å². The zero-order valence-electron chi connectivity index (χ0n) is 15.1. The van der Waals surface area contributed by atoms with Crippen LogP contribution in [0.25, 0.3) is 11.1 Å². The summed E-state index contributed by atoms with van der Waals surface area (Å²) in [7, 11) is 0. The van der Waals surface area contributed by atoms with Crippen LogP contribution in [0.3, 0.4) is 0 Å². The Bertz CT molecular complexity index is 724. The molecule has 2 aromatic rings. The minimum Gasteiger partial charge on any atom is -0.303 e. The standard InChI is InChI=1S/C21H27ClN3O/c22-20-9-7-18(8-10-20)21-6-2-1-5-19(21)17-25(23)14-12-24(13-15-25)11-3-4-16-26/h1-2,5-10,16H,3-4,11-15,17,23H2/q+1. The van der Waals surface area contributed by atoms with Crippen molar-refractivity contribution in [3.63, 3.8) is 0 Å². The Hall–Kier alpha value is -1.72. The van der Waals surface area contributed by atoms with Gasteiger partial charge < -0.3 is 4.79 Å². The Morgan fingerprint density at radius 1 is 1.08 bits per heavy atom. The van der Waals surface area contributed by atoms with E-state index in [0.717, 1.165) is 57.0 Å². The number of quaternary nitrogens is 1. The topological polar surface area (TPSA) is 46.3 Å². The van der Waals surface area contributed by atoms with Gasteiger partial charge in [0, 0.05) is 30.1 Å². The first-order valence-electron chi connectivity index (χ1n) is 9.24. The van der Waals surface area contributed by atoms with Crippen molar-refractivity contribution in [2.24, 2.45) is 5.84 Å². The molecular weight excluding hydrogens is 346 g/mol. The second-order valence-corrected chi connectivity index (χ2v) is 7.57. The summed E-state index contributed by atoms with van der Waals surface area (Å²) in [5.41, 5.74) is 3.66. The van der Waals surface area contributed by atoms with Crippen molar-refractivity contribution in [1.82, 2.24) is 4.90 Å². The zero-order chi connectivity index (χ0) is 18.4. The number of rotatable bonds is 7. The van der Waals surface area contributed by atoms with Crippen LogP contribution in [0.1, 0.15) is 18.4 Å². The highest BCUT2D eigenvalue weighted by Gasteiger charge is 2.30. The molecule has 0 spiro atoms. The summed E-state index contributed by atoms with van der Waals surface area (Å²) in [5, 5.41) is 0.749. The van der Waals surface area contributed by atoms with E-state index in [0.29, 0.717) is 11.0 Å². The quantitative estimate of drug-likeness (QED) is 0.350. The van der Waals surface area contributed by atoms with Crippen molar-refractivity contribution >= 4 is 17.9 Å². The fraction of sp³-hybridized carbons (Fsp3) is 0.381. The van der Waals surface area contributed by atoms with Crippen LogP contribution < -0.4 is 5.84 Å². The first-order chi connectivity index (χ1) is 12.6. The Labute approximate surface area is 160 Å². The van der Waals surface area contributed by atoms with Crippen LogP contribution in [0.4, 0.5) is 0 Å². The highest BCUT2D eigenvalue weighted by Crippen LogP contribution is 2.27. The second-order valence-electron chi connectivity index (χ2n) is 7.14. The van der Waals surface area contributed by atoms with Gasteiger partial charge in [0.25, 0.3) is 0 Å². The highest BCUT2D eigenvalue weighted by molar-refractivity contribution is 6.30. The lowest BCUT2D eigenvalue weighted by molar-refractivity contribution is -0.956. The summed E-state index contributed by atoms with van der Waals surface area (Å²) in [5.74, 6) is 6.71. The number of unbranched alkanes of at least 4 members (excludes halogenated alkanes) is 1. The molecule has 0 saturated carbocycles. The van der Waals surface area contributed by atoms with Gasteiger partial charge in [-0.25, -0.2) is 4.59 Å². The third kappa shape index (κ3) is 4.92. The van der Waals surface area contributed by atoms with Gasteiger partial charge in [-0.15, -0.1) is 0 Å². The van der Waals surface area contributed by atoms with E-state index < -0.39 is 0 Å². The van der Waals surface area contributed by atoms with E-state index in [2.05, 4.69) is 41.3 Å². The average molecular weight is 373 g/mol. The molecule has 1 fully saturated rings. The molecule has 4 nitrogen and oxygen atoms in total. The maximum absolute atomic E-state index is 10.5. The fourth-order valence-electron chi connectivity index (χ4n) is 3.59. The number of benzene rings is 2. The number of carbonyl (C=O) groups excluding carboxylic acids is 1. The molecule has 0 unspecified atom stereocenters. The Morgan fingerprint density at radius 2 is 1.77 bits per heavy atom. The maximum atomic E-state index is 10.5. The molecule has 0 aliphatic carbocycles. The SMILES string of the molecule is N[N+]1(Cc2ccccc2-c2ccc(Cl)cc2)CCN(CCCC=O)CC1. The summed E-state index contributed by atoms with van der Waals surface area (Å²) in [6.45, 7) is 5.63. The maximum Gasteiger partial charge on any atom is 0.122 e. The van der Waals surface area contributed by atoms with Gasteiger partial charge in [0.15, 0.2) is 0 Å². The zero-order valence-corrected chi connectivity index (χ0v) is 15.9. The molecule has 3 rings (SSSR count). The Kier molecular flexibility index (Phi) is 6.43. The van der Waals surface area contributed by atoms with E-state index in [1.807, 2.05) is 12.1 Å². The van der Waals surface area contributed by atoms with Crippen LogP contribution in [-0.2, 0) is 11.3 Å². The van der Waals surface area contributed by atoms with Crippen molar-refractivity contribution in [3.8, 4) is 11.1 Å². The first kappa shape index (κ1) is 19.1. The van der Waals surface area contributed by atoms with Gasteiger partial charge in [-0.3, -0.25) is 4.90 Å². The first-order valence-corrected chi connectivity index (χ1v) is 9.62. The number of halogens is 1. The van der Waals surface area contributed by atoms with Crippen LogP contribution in [-0.4, -0.2) is 48.5 Å². The number of aldehydes is 1. The van der Waals surface area contributed by atoms with Crippen LogP contribution in [0, 0.1) is 0 Å². The molecule has 2 N–H and O–H groups in total. The van der Waals surface area contributed by atoms with Crippen molar-refractivity contribution in [2.45, 2.75) is 19.4 Å². The van der Waals surface area contributed by atoms with Crippen LogP contribution in [0.2, 0.25) is 5.02 Å². The normalized spacial score (nSPS) is 17.2. The lowest BCUT2D eigenvalue weighted by Gasteiger charge is -2.41. The Balaban J connectivity index is 1.68. The molecule has 26 heavy (non-hydrogen) atoms. The van der Waals surface area contributed by atoms with Crippen LogP contribution in [0.5, 0.6) is 0 Å².